The second-order valence-electron chi connectivity index (χ2n) is 4.65. The topological polar surface area (TPSA) is 47.6 Å². The minimum Gasteiger partial charge on any atom is -0.471 e. The summed E-state index contributed by atoms with van der Waals surface area (Å²) in [7, 11) is 3.02. The summed E-state index contributed by atoms with van der Waals surface area (Å²) in [6.07, 6.45) is 2.75. The van der Waals surface area contributed by atoms with Gasteiger partial charge in [-0.2, -0.15) is 0 Å². The van der Waals surface area contributed by atoms with Gasteiger partial charge in [0, 0.05) is 13.2 Å². The van der Waals surface area contributed by atoms with Gasteiger partial charge in [0.05, 0.1) is 12.7 Å². The molecule has 0 spiro atoms. The highest BCUT2D eigenvalue weighted by atomic mass is 16.5. The van der Waals surface area contributed by atoms with Crippen molar-refractivity contribution in [2.45, 2.75) is 66.0 Å². The highest BCUT2D eigenvalue weighted by molar-refractivity contribution is 5.36. The third kappa shape index (κ3) is 29.5. The Morgan fingerprint density at radius 3 is 1.67 bits per heavy atom. The van der Waals surface area contributed by atoms with E-state index in [1.165, 1.54) is 26.5 Å². The molecule has 18 heavy (non-hydrogen) atoms. The van der Waals surface area contributed by atoms with Crippen LogP contribution < -0.4 is 5.32 Å². The third-order valence-electron chi connectivity index (χ3n) is 2.02. The van der Waals surface area contributed by atoms with Gasteiger partial charge >= 0.3 is 0 Å². The monoisotopic (exact) mass is 263 g/mol. The van der Waals surface area contributed by atoms with Crippen LogP contribution in [-0.2, 0) is 14.3 Å². The van der Waals surface area contributed by atoms with Crippen molar-refractivity contribution in [3.8, 4) is 0 Å². The summed E-state index contributed by atoms with van der Waals surface area (Å²) < 4.78 is 8.80. The molecule has 1 fully saturated rings. The van der Waals surface area contributed by atoms with Crippen molar-refractivity contribution < 1.29 is 14.3 Å². The number of carbonyl (C=O) groups excluding carboxylic acids is 1. The molecule has 0 aromatic heterocycles. The van der Waals surface area contributed by atoms with Gasteiger partial charge in [0.1, 0.15) is 0 Å². The Kier molecular flexibility index (Phi) is 20.5. The van der Waals surface area contributed by atoms with E-state index in [-0.39, 0.29) is 5.60 Å². The van der Waals surface area contributed by atoms with E-state index in [1.807, 2.05) is 34.6 Å². The van der Waals surface area contributed by atoms with E-state index in [0.29, 0.717) is 6.47 Å². The van der Waals surface area contributed by atoms with E-state index in [9.17, 15) is 0 Å². The zero-order chi connectivity index (χ0) is 15.0. The van der Waals surface area contributed by atoms with Crippen LogP contribution in [0.1, 0.15) is 54.4 Å². The molecule has 0 radical (unpaired) electrons. The van der Waals surface area contributed by atoms with E-state index < -0.39 is 0 Å². The van der Waals surface area contributed by atoms with Gasteiger partial charge < -0.3 is 14.8 Å². The van der Waals surface area contributed by atoms with Gasteiger partial charge in [-0.05, 0) is 47.1 Å². The summed E-state index contributed by atoms with van der Waals surface area (Å²) in [5.74, 6) is 0. The maximum Gasteiger partial charge on any atom is 0.292 e. The largest absolute Gasteiger partial charge is 0.471 e. The molecular weight excluding hydrogens is 230 g/mol. The Balaban J connectivity index is -0.000000179. The van der Waals surface area contributed by atoms with Crippen molar-refractivity contribution in [2.24, 2.45) is 0 Å². The molecule has 1 unspecified atom stereocenters. The third-order valence-corrected chi connectivity index (χ3v) is 2.02. The number of nitrogens with one attached hydrogen (secondary N) is 1. The smallest absolute Gasteiger partial charge is 0.292 e. The van der Waals surface area contributed by atoms with Crippen molar-refractivity contribution in [3.63, 3.8) is 0 Å². The van der Waals surface area contributed by atoms with Gasteiger partial charge in [-0.15, -0.1) is 0 Å². The highest BCUT2D eigenvalue weighted by Gasteiger charge is 2.05. The number of ether oxygens (including phenoxy) is 2. The first-order valence-corrected chi connectivity index (χ1v) is 6.62. The minimum absolute atomic E-state index is 0.0417. The quantitative estimate of drug-likeness (QED) is 0.739. The summed E-state index contributed by atoms with van der Waals surface area (Å²) in [5, 5.41) is 3.32. The Morgan fingerprint density at radius 1 is 1.22 bits per heavy atom. The molecular formula is C14H33NO3. The molecule has 0 aromatic carbocycles. The lowest BCUT2D eigenvalue weighted by molar-refractivity contribution is -0.126. The molecule has 1 N–H and O–H groups in total. The standard InChI is InChI=1S/C5H11N.C5H12O.C2H4O2.C2H6/c1-5-3-2-4-6-5;1-5(2,3)6-4;1-4-2-3;1-2/h5-6H,2-4H2,1H3;1-4H3;2H,1H3;1-2H3. The molecule has 4 nitrogen and oxygen atoms in total. The Morgan fingerprint density at radius 2 is 1.61 bits per heavy atom. The zero-order valence-electron chi connectivity index (χ0n) is 13.5. The number of hydrogen-bond acceptors (Lipinski definition) is 4. The van der Waals surface area contributed by atoms with Crippen molar-refractivity contribution in [3.05, 3.63) is 0 Å². The molecule has 0 saturated carbocycles. The summed E-state index contributed by atoms with van der Waals surface area (Å²) in [5.41, 5.74) is 0.0417. The van der Waals surface area contributed by atoms with E-state index >= 15 is 0 Å². The summed E-state index contributed by atoms with van der Waals surface area (Å²) >= 11 is 0. The van der Waals surface area contributed by atoms with Crippen molar-refractivity contribution in [2.75, 3.05) is 20.8 Å². The van der Waals surface area contributed by atoms with Crippen molar-refractivity contribution in [1.29, 1.82) is 0 Å². The zero-order valence-corrected chi connectivity index (χ0v) is 13.5. The first kappa shape index (κ1) is 22.6. The predicted molar refractivity (Wildman–Crippen MR) is 77.9 cm³/mol. The van der Waals surface area contributed by atoms with Crippen LogP contribution in [0.15, 0.2) is 0 Å². The van der Waals surface area contributed by atoms with Gasteiger partial charge in [-0.3, -0.25) is 4.79 Å². The van der Waals surface area contributed by atoms with Gasteiger partial charge in [0.15, 0.2) is 0 Å². The molecule has 1 aliphatic heterocycles. The average molecular weight is 263 g/mol. The van der Waals surface area contributed by atoms with Gasteiger partial charge in [0.2, 0.25) is 0 Å². The van der Waals surface area contributed by atoms with E-state index in [1.54, 1.807) is 7.11 Å². The lowest BCUT2D eigenvalue weighted by Crippen LogP contribution is -2.16. The number of methoxy groups -OCH3 is 2. The fraction of sp³-hybridized carbons (Fsp3) is 0.929. The Labute approximate surface area is 113 Å². The molecule has 0 aliphatic carbocycles. The van der Waals surface area contributed by atoms with Crippen LogP contribution in [-0.4, -0.2) is 38.9 Å². The van der Waals surface area contributed by atoms with Crippen LogP contribution in [0, 0.1) is 0 Å². The Bertz CT molecular complexity index is 150. The maximum atomic E-state index is 8.95. The molecule has 0 bridgehead atoms. The van der Waals surface area contributed by atoms with Crippen LogP contribution in [0.3, 0.4) is 0 Å². The summed E-state index contributed by atoms with van der Waals surface area (Å²) in [4.78, 5) is 8.95. The molecule has 0 amide bonds. The molecule has 1 heterocycles. The Hall–Kier alpha value is -0.610. The van der Waals surface area contributed by atoms with Gasteiger partial charge in [-0.1, -0.05) is 13.8 Å². The second kappa shape index (κ2) is 16.4. The first-order valence-electron chi connectivity index (χ1n) is 6.62. The molecule has 1 rings (SSSR count). The fourth-order valence-corrected chi connectivity index (χ4v) is 0.859. The number of hydrogen-bond donors (Lipinski definition) is 1. The van der Waals surface area contributed by atoms with Crippen LogP contribution in [0.2, 0.25) is 0 Å². The van der Waals surface area contributed by atoms with Crippen molar-refractivity contribution >= 4 is 6.47 Å². The molecule has 4 heteroatoms. The van der Waals surface area contributed by atoms with Crippen LogP contribution in [0.5, 0.6) is 0 Å². The first-order chi connectivity index (χ1) is 8.37. The molecule has 0 aromatic rings. The normalized spacial score (nSPS) is 17.0. The second-order valence-corrected chi connectivity index (χ2v) is 4.65. The van der Waals surface area contributed by atoms with E-state index in [2.05, 4.69) is 17.0 Å². The lowest BCUT2D eigenvalue weighted by Gasteiger charge is -2.14. The maximum absolute atomic E-state index is 8.95. The summed E-state index contributed by atoms with van der Waals surface area (Å²) in [6, 6.07) is 0.796. The van der Waals surface area contributed by atoms with Crippen LogP contribution in [0.25, 0.3) is 0 Å². The van der Waals surface area contributed by atoms with Gasteiger partial charge in [-0.25, -0.2) is 0 Å². The van der Waals surface area contributed by atoms with Crippen LogP contribution in [0.4, 0.5) is 0 Å². The SMILES string of the molecule is CC.CC1CCCN1.COC(C)(C)C.COC=O. The molecule has 1 saturated heterocycles. The number of rotatable bonds is 1. The lowest BCUT2D eigenvalue weighted by atomic mass is 10.2. The van der Waals surface area contributed by atoms with Gasteiger partial charge in [0.25, 0.3) is 6.47 Å². The van der Waals surface area contributed by atoms with E-state index in [4.69, 9.17) is 9.53 Å². The molecule has 112 valence electrons. The van der Waals surface area contributed by atoms with E-state index in [0.717, 1.165) is 6.04 Å². The number of carbonyl (C=O) groups is 1. The minimum atomic E-state index is 0.0417. The fourth-order valence-electron chi connectivity index (χ4n) is 0.859. The molecule has 1 atom stereocenters. The predicted octanol–water partition coefficient (Wildman–Crippen LogP) is 3.01. The van der Waals surface area contributed by atoms with Crippen molar-refractivity contribution in [1.82, 2.24) is 5.32 Å². The summed E-state index contributed by atoms with van der Waals surface area (Å²) in [6.45, 7) is 13.9. The molecule has 1 aliphatic rings. The van der Waals surface area contributed by atoms with Crippen LogP contribution >= 0.6 is 0 Å². The average Bonchev–Trinajstić information content (AvgIpc) is 2.83. The highest BCUT2D eigenvalue weighted by Crippen LogP contribution is 2.02.